The van der Waals surface area contributed by atoms with Crippen molar-refractivity contribution in [3.8, 4) is 9.88 Å². The van der Waals surface area contributed by atoms with E-state index in [2.05, 4.69) is 10.3 Å². The van der Waals surface area contributed by atoms with Gasteiger partial charge in [-0.15, -0.1) is 22.7 Å². The SMILES string of the molecule is Cc1nc(-c2cccs2)sc1C(=O)NCCc1ccc(F)cc1. The van der Waals surface area contributed by atoms with Crippen LogP contribution in [0.2, 0.25) is 0 Å². The summed E-state index contributed by atoms with van der Waals surface area (Å²) >= 11 is 3.02. The van der Waals surface area contributed by atoms with Crippen LogP contribution in [0.1, 0.15) is 20.9 Å². The molecule has 3 nitrogen and oxygen atoms in total. The first-order valence-electron chi connectivity index (χ1n) is 7.17. The number of hydrogen-bond acceptors (Lipinski definition) is 4. The minimum Gasteiger partial charge on any atom is -0.351 e. The van der Waals surface area contributed by atoms with Gasteiger partial charge in [0.25, 0.3) is 5.91 Å². The molecule has 3 aromatic rings. The lowest BCUT2D eigenvalue weighted by molar-refractivity contribution is 0.0957. The fraction of sp³-hybridized carbons (Fsp3) is 0.176. The summed E-state index contributed by atoms with van der Waals surface area (Å²) in [6.07, 6.45) is 0.668. The Labute approximate surface area is 141 Å². The third-order valence-electron chi connectivity index (χ3n) is 3.35. The molecule has 1 amide bonds. The highest BCUT2D eigenvalue weighted by Crippen LogP contribution is 2.30. The molecule has 0 radical (unpaired) electrons. The number of carbonyl (C=O) groups is 1. The minimum atomic E-state index is -0.251. The topological polar surface area (TPSA) is 42.0 Å². The van der Waals surface area contributed by atoms with Gasteiger partial charge < -0.3 is 5.32 Å². The first kappa shape index (κ1) is 15.8. The number of benzene rings is 1. The van der Waals surface area contributed by atoms with Crippen LogP contribution in [-0.2, 0) is 6.42 Å². The van der Waals surface area contributed by atoms with Crippen LogP contribution in [0.3, 0.4) is 0 Å². The molecule has 0 bridgehead atoms. The maximum atomic E-state index is 12.8. The van der Waals surface area contributed by atoms with Crippen LogP contribution >= 0.6 is 22.7 Å². The Morgan fingerprint density at radius 1 is 1.26 bits per heavy atom. The van der Waals surface area contributed by atoms with E-state index in [1.165, 1.54) is 23.5 Å². The predicted molar refractivity (Wildman–Crippen MR) is 92.6 cm³/mol. The molecule has 118 valence electrons. The lowest BCUT2D eigenvalue weighted by Crippen LogP contribution is -2.25. The van der Waals surface area contributed by atoms with Crippen molar-refractivity contribution in [3.63, 3.8) is 0 Å². The Kier molecular flexibility index (Phi) is 4.83. The Balaban J connectivity index is 1.61. The molecular weight excluding hydrogens is 331 g/mol. The van der Waals surface area contributed by atoms with E-state index in [-0.39, 0.29) is 11.7 Å². The highest BCUT2D eigenvalue weighted by molar-refractivity contribution is 7.22. The van der Waals surface area contributed by atoms with E-state index in [1.54, 1.807) is 23.5 Å². The second kappa shape index (κ2) is 7.02. The second-order valence-electron chi connectivity index (χ2n) is 5.04. The number of amides is 1. The molecule has 0 unspecified atom stereocenters. The fourth-order valence-electron chi connectivity index (χ4n) is 2.16. The smallest absolute Gasteiger partial charge is 0.263 e. The van der Waals surface area contributed by atoms with Crippen LogP contribution in [0.15, 0.2) is 41.8 Å². The number of hydrogen-bond donors (Lipinski definition) is 1. The van der Waals surface area contributed by atoms with Crippen molar-refractivity contribution >= 4 is 28.6 Å². The van der Waals surface area contributed by atoms with E-state index >= 15 is 0 Å². The normalized spacial score (nSPS) is 10.7. The predicted octanol–water partition coefficient (Wildman–Crippen LogP) is 4.29. The van der Waals surface area contributed by atoms with E-state index in [0.29, 0.717) is 17.8 Å². The Bertz CT molecular complexity index is 795. The molecule has 1 aromatic carbocycles. The average molecular weight is 346 g/mol. The van der Waals surface area contributed by atoms with Gasteiger partial charge in [0, 0.05) is 6.54 Å². The fourth-order valence-corrected chi connectivity index (χ4v) is 3.94. The summed E-state index contributed by atoms with van der Waals surface area (Å²) < 4.78 is 12.8. The lowest BCUT2D eigenvalue weighted by atomic mass is 10.1. The quantitative estimate of drug-likeness (QED) is 0.749. The van der Waals surface area contributed by atoms with Crippen molar-refractivity contribution in [1.29, 1.82) is 0 Å². The van der Waals surface area contributed by atoms with Crippen molar-refractivity contribution in [3.05, 3.63) is 63.7 Å². The molecule has 2 aromatic heterocycles. The van der Waals surface area contributed by atoms with Gasteiger partial charge in [0.1, 0.15) is 15.7 Å². The van der Waals surface area contributed by atoms with Crippen LogP contribution < -0.4 is 5.32 Å². The summed E-state index contributed by atoms with van der Waals surface area (Å²) in [6.45, 7) is 2.36. The van der Waals surface area contributed by atoms with Gasteiger partial charge in [0.15, 0.2) is 0 Å². The zero-order chi connectivity index (χ0) is 16.2. The molecule has 2 heterocycles. The van der Waals surface area contributed by atoms with Crippen molar-refractivity contribution in [2.24, 2.45) is 0 Å². The molecule has 0 saturated heterocycles. The standard InChI is InChI=1S/C17H15FN2OS2/c1-11-15(23-17(20-11)14-3-2-10-22-14)16(21)19-9-8-12-4-6-13(18)7-5-12/h2-7,10H,8-9H2,1H3,(H,19,21). The van der Waals surface area contributed by atoms with Crippen molar-refractivity contribution < 1.29 is 9.18 Å². The largest absolute Gasteiger partial charge is 0.351 e. The minimum absolute atomic E-state index is 0.107. The van der Waals surface area contributed by atoms with Crippen molar-refractivity contribution in [1.82, 2.24) is 10.3 Å². The Hall–Kier alpha value is -2.05. The van der Waals surface area contributed by atoms with Gasteiger partial charge in [-0.2, -0.15) is 0 Å². The number of nitrogens with zero attached hydrogens (tertiary/aromatic N) is 1. The molecule has 3 rings (SSSR count). The molecular formula is C17H15FN2OS2. The molecule has 0 spiro atoms. The summed E-state index contributed by atoms with van der Waals surface area (Å²) in [5.41, 5.74) is 1.74. The van der Waals surface area contributed by atoms with Gasteiger partial charge in [-0.25, -0.2) is 9.37 Å². The molecule has 6 heteroatoms. The van der Waals surface area contributed by atoms with Gasteiger partial charge in [0.05, 0.1) is 10.6 Å². The Morgan fingerprint density at radius 3 is 2.74 bits per heavy atom. The molecule has 0 aliphatic carbocycles. The van der Waals surface area contributed by atoms with Crippen LogP contribution in [-0.4, -0.2) is 17.4 Å². The molecule has 0 atom stereocenters. The molecule has 0 fully saturated rings. The van der Waals surface area contributed by atoms with E-state index in [9.17, 15) is 9.18 Å². The average Bonchev–Trinajstić information content (AvgIpc) is 3.18. The number of nitrogens with one attached hydrogen (secondary N) is 1. The number of thiophene rings is 1. The van der Waals surface area contributed by atoms with E-state index in [0.717, 1.165) is 21.1 Å². The molecule has 0 aliphatic heterocycles. The first-order valence-corrected chi connectivity index (χ1v) is 8.87. The van der Waals surface area contributed by atoms with Gasteiger partial charge in [-0.05, 0) is 42.5 Å². The number of halogens is 1. The van der Waals surface area contributed by atoms with Crippen LogP contribution in [0, 0.1) is 12.7 Å². The van der Waals surface area contributed by atoms with Crippen LogP contribution in [0.25, 0.3) is 9.88 Å². The lowest BCUT2D eigenvalue weighted by Gasteiger charge is -2.04. The van der Waals surface area contributed by atoms with Gasteiger partial charge in [-0.1, -0.05) is 18.2 Å². The highest BCUT2D eigenvalue weighted by Gasteiger charge is 2.16. The van der Waals surface area contributed by atoms with Crippen molar-refractivity contribution in [2.45, 2.75) is 13.3 Å². The van der Waals surface area contributed by atoms with E-state index < -0.39 is 0 Å². The number of carbonyl (C=O) groups excluding carboxylic acids is 1. The van der Waals surface area contributed by atoms with Crippen LogP contribution in [0.5, 0.6) is 0 Å². The summed E-state index contributed by atoms with van der Waals surface area (Å²) in [6, 6.07) is 10.3. The molecule has 23 heavy (non-hydrogen) atoms. The first-order chi connectivity index (χ1) is 11.1. The van der Waals surface area contributed by atoms with Crippen LogP contribution in [0.4, 0.5) is 4.39 Å². The molecule has 1 N–H and O–H groups in total. The maximum Gasteiger partial charge on any atom is 0.263 e. The monoisotopic (exact) mass is 346 g/mol. The number of aryl methyl sites for hydroxylation is 1. The zero-order valence-corrected chi connectivity index (χ0v) is 14.1. The summed E-state index contributed by atoms with van der Waals surface area (Å²) in [7, 11) is 0. The number of rotatable bonds is 5. The zero-order valence-electron chi connectivity index (χ0n) is 12.5. The van der Waals surface area contributed by atoms with Gasteiger partial charge >= 0.3 is 0 Å². The second-order valence-corrected chi connectivity index (χ2v) is 6.99. The third kappa shape index (κ3) is 3.83. The summed E-state index contributed by atoms with van der Waals surface area (Å²) in [4.78, 5) is 18.5. The van der Waals surface area contributed by atoms with Crippen molar-refractivity contribution in [2.75, 3.05) is 6.54 Å². The summed E-state index contributed by atoms with van der Waals surface area (Å²) in [5.74, 6) is -0.357. The molecule has 0 saturated carbocycles. The Morgan fingerprint density at radius 2 is 2.04 bits per heavy atom. The highest BCUT2D eigenvalue weighted by atomic mass is 32.1. The van der Waals surface area contributed by atoms with Gasteiger partial charge in [-0.3, -0.25) is 4.79 Å². The maximum absolute atomic E-state index is 12.8. The molecule has 0 aliphatic rings. The van der Waals surface area contributed by atoms with E-state index in [1.807, 2.05) is 24.4 Å². The number of aromatic nitrogens is 1. The summed E-state index contributed by atoms with van der Waals surface area (Å²) in [5, 5.41) is 5.77. The van der Waals surface area contributed by atoms with E-state index in [4.69, 9.17) is 0 Å². The number of thiazole rings is 1. The van der Waals surface area contributed by atoms with Gasteiger partial charge in [0.2, 0.25) is 0 Å². The third-order valence-corrected chi connectivity index (χ3v) is 5.54.